The van der Waals surface area contributed by atoms with Crippen molar-refractivity contribution in [2.24, 2.45) is 0 Å². The first-order valence-electron chi connectivity index (χ1n) is 35.6. The molecule has 462 valence electrons. The summed E-state index contributed by atoms with van der Waals surface area (Å²) in [6.07, 6.45) is 85.3. The number of allylic oxidation sites excluding steroid dienone is 4. The number of aliphatic hydroxyl groups is 2. The number of nitrogens with one attached hydrogen (secondary N) is 1. The second-order valence-corrected chi connectivity index (χ2v) is 24.6. The molecule has 0 aliphatic rings. The van der Waals surface area contributed by atoms with Crippen molar-refractivity contribution in [2.75, 3.05) is 13.2 Å². The number of aliphatic hydroxyl groups excluding tert-OH is 2. The molecule has 2 unspecified atom stereocenters. The van der Waals surface area contributed by atoms with E-state index >= 15 is 0 Å². The summed E-state index contributed by atoms with van der Waals surface area (Å²) in [5.41, 5.74) is 0. The van der Waals surface area contributed by atoms with Gasteiger partial charge in [0.1, 0.15) is 0 Å². The van der Waals surface area contributed by atoms with Crippen LogP contribution < -0.4 is 5.32 Å². The molecule has 0 saturated carbocycles. The van der Waals surface area contributed by atoms with Gasteiger partial charge in [0.2, 0.25) is 5.91 Å². The van der Waals surface area contributed by atoms with Crippen LogP contribution in [0.25, 0.3) is 0 Å². The molecule has 0 heterocycles. The molecule has 3 N–H and O–H groups in total. The molecule has 0 aliphatic carbocycles. The van der Waals surface area contributed by atoms with E-state index in [1.165, 1.54) is 321 Å². The number of carbonyl (C=O) groups excluding carboxylic acids is 2. The molecule has 6 nitrogen and oxygen atoms in total. The lowest BCUT2D eigenvalue weighted by Crippen LogP contribution is -2.45. The number of esters is 1. The summed E-state index contributed by atoms with van der Waals surface area (Å²) in [4.78, 5) is 24.6. The largest absolute Gasteiger partial charge is 0.466 e. The van der Waals surface area contributed by atoms with E-state index in [-0.39, 0.29) is 18.5 Å². The molecule has 78 heavy (non-hydrogen) atoms. The van der Waals surface area contributed by atoms with Gasteiger partial charge in [-0.2, -0.15) is 0 Å². The van der Waals surface area contributed by atoms with Crippen LogP contribution in [0, 0.1) is 0 Å². The van der Waals surface area contributed by atoms with Crippen LogP contribution in [-0.4, -0.2) is 47.4 Å². The van der Waals surface area contributed by atoms with Gasteiger partial charge in [-0.1, -0.05) is 353 Å². The highest BCUT2D eigenvalue weighted by Crippen LogP contribution is 2.19. The molecular formula is C72H139NO5. The zero-order valence-electron chi connectivity index (χ0n) is 52.9. The monoisotopic (exact) mass is 1100 g/mol. The second kappa shape index (κ2) is 67.8. The van der Waals surface area contributed by atoms with Crippen LogP contribution in [0.4, 0.5) is 0 Å². The molecule has 6 heteroatoms. The Balaban J connectivity index is 3.34. The summed E-state index contributed by atoms with van der Waals surface area (Å²) in [6, 6.07) is -0.538. The normalized spacial score (nSPS) is 12.6. The molecule has 2 atom stereocenters. The average Bonchev–Trinajstić information content (AvgIpc) is 3.44. The van der Waals surface area contributed by atoms with Crippen molar-refractivity contribution < 1.29 is 24.5 Å². The van der Waals surface area contributed by atoms with Crippen molar-refractivity contribution in [3.63, 3.8) is 0 Å². The number of carbonyl (C=O) groups is 2. The lowest BCUT2D eigenvalue weighted by molar-refractivity contribution is -0.143. The van der Waals surface area contributed by atoms with Crippen molar-refractivity contribution in [3.05, 3.63) is 24.3 Å². The molecular weight excluding hydrogens is 959 g/mol. The van der Waals surface area contributed by atoms with Gasteiger partial charge in [0, 0.05) is 12.8 Å². The van der Waals surface area contributed by atoms with E-state index in [1.54, 1.807) is 0 Å². The van der Waals surface area contributed by atoms with Crippen LogP contribution in [0.1, 0.15) is 399 Å². The highest BCUT2D eigenvalue weighted by Gasteiger charge is 2.20. The van der Waals surface area contributed by atoms with E-state index in [0.29, 0.717) is 25.9 Å². The van der Waals surface area contributed by atoms with Gasteiger partial charge in [-0.15, -0.1) is 0 Å². The minimum atomic E-state index is -0.661. The quantitative estimate of drug-likeness (QED) is 0.0320. The predicted molar refractivity (Wildman–Crippen MR) is 343 cm³/mol. The van der Waals surface area contributed by atoms with Gasteiger partial charge in [-0.3, -0.25) is 9.59 Å². The van der Waals surface area contributed by atoms with Gasteiger partial charge in [-0.25, -0.2) is 0 Å². The Morgan fingerprint density at radius 3 is 0.974 bits per heavy atom. The second-order valence-electron chi connectivity index (χ2n) is 24.6. The van der Waals surface area contributed by atoms with E-state index in [1.807, 2.05) is 0 Å². The maximum absolute atomic E-state index is 12.5. The van der Waals surface area contributed by atoms with Crippen LogP contribution in [0.5, 0.6) is 0 Å². The summed E-state index contributed by atoms with van der Waals surface area (Å²) < 4.78 is 5.50. The number of unbranched alkanes of at least 4 members (excludes halogenated alkanes) is 52. The fraction of sp³-hybridized carbons (Fsp3) is 0.917. The van der Waals surface area contributed by atoms with Crippen molar-refractivity contribution in [2.45, 2.75) is 411 Å². The zero-order chi connectivity index (χ0) is 56.4. The summed E-state index contributed by atoms with van der Waals surface area (Å²) >= 11 is 0. The average molecular weight is 1100 g/mol. The molecule has 0 aromatic carbocycles. The maximum atomic E-state index is 12.5. The molecule has 0 saturated heterocycles. The summed E-state index contributed by atoms with van der Waals surface area (Å²) in [7, 11) is 0. The van der Waals surface area contributed by atoms with Crippen LogP contribution in [0.15, 0.2) is 24.3 Å². The van der Waals surface area contributed by atoms with Crippen LogP contribution in [-0.2, 0) is 14.3 Å². The van der Waals surface area contributed by atoms with Gasteiger partial charge in [0.15, 0.2) is 0 Å². The molecule has 1 amide bonds. The van der Waals surface area contributed by atoms with Crippen molar-refractivity contribution in [3.8, 4) is 0 Å². The van der Waals surface area contributed by atoms with E-state index in [9.17, 15) is 19.8 Å². The Kier molecular flexibility index (Phi) is 66.4. The third-order valence-electron chi connectivity index (χ3n) is 16.8. The first-order valence-corrected chi connectivity index (χ1v) is 35.6. The minimum absolute atomic E-state index is 0.0188. The molecule has 0 aromatic rings. The third kappa shape index (κ3) is 63.5. The van der Waals surface area contributed by atoms with Crippen molar-refractivity contribution in [1.29, 1.82) is 0 Å². The lowest BCUT2D eigenvalue weighted by Gasteiger charge is -2.22. The topological polar surface area (TPSA) is 95.9 Å². The summed E-state index contributed by atoms with van der Waals surface area (Å²) in [5, 5.41) is 23.2. The third-order valence-corrected chi connectivity index (χ3v) is 16.8. The number of ether oxygens (including phenoxy) is 1. The smallest absolute Gasteiger partial charge is 0.305 e. The van der Waals surface area contributed by atoms with E-state index < -0.39 is 12.1 Å². The standard InChI is InChI=1S/C72H139NO5/c1-3-5-7-9-11-13-15-16-17-35-39-42-46-50-54-58-62-66-72(77)78-67-63-59-55-51-47-43-40-37-34-32-30-28-26-24-22-20-18-19-21-23-25-27-29-31-33-36-38-41-45-49-53-57-61-65-71(76)73-69(68-74)70(75)64-60-56-52-48-44-14-12-10-8-6-4-2/h22,24,28,30,69-70,74-75H,3-21,23,25-27,29,31-68H2,1-2H3,(H,73,76)/b24-22-,30-28-. The molecule has 0 bridgehead atoms. The van der Waals surface area contributed by atoms with Gasteiger partial charge in [-0.05, 0) is 57.8 Å². The number of hydrogen-bond donors (Lipinski definition) is 3. The Morgan fingerprint density at radius 2 is 0.641 bits per heavy atom. The minimum Gasteiger partial charge on any atom is -0.466 e. The fourth-order valence-corrected chi connectivity index (χ4v) is 11.3. The van der Waals surface area contributed by atoms with E-state index in [2.05, 4.69) is 43.5 Å². The van der Waals surface area contributed by atoms with Crippen LogP contribution in [0.3, 0.4) is 0 Å². The first kappa shape index (κ1) is 76.3. The summed E-state index contributed by atoms with van der Waals surface area (Å²) in [6.45, 7) is 4.98. The summed E-state index contributed by atoms with van der Waals surface area (Å²) in [5.74, 6) is -0.0135. The Labute approximate surface area is 488 Å². The molecule has 0 fully saturated rings. The molecule has 0 radical (unpaired) electrons. The molecule has 0 rings (SSSR count). The fourth-order valence-electron chi connectivity index (χ4n) is 11.3. The van der Waals surface area contributed by atoms with Crippen LogP contribution in [0.2, 0.25) is 0 Å². The maximum Gasteiger partial charge on any atom is 0.305 e. The van der Waals surface area contributed by atoms with Gasteiger partial charge < -0.3 is 20.3 Å². The van der Waals surface area contributed by atoms with Gasteiger partial charge in [0.05, 0.1) is 25.4 Å². The predicted octanol–water partition coefficient (Wildman–Crippen LogP) is 22.9. The zero-order valence-corrected chi connectivity index (χ0v) is 52.9. The number of hydrogen-bond acceptors (Lipinski definition) is 5. The van der Waals surface area contributed by atoms with Crippen LogP contribution >= 0.6 is 0 Å². The SMILES string of the molecule is CCCCCCCCCCCCCCCCCCCC(=O)OCCCCCCCCCCC/C=C\C/C=C\CCCCCCCCCCCCCCCCCCCC(=O)NC(CO)C(O)CCCCCCCCCCCCC. The Hall–Kier alpha value is -1.66. The van der Waals surface area contributed by atoms with E-state index in [0.717, 1.165) is 44.9 Å². The molecule has 0 aromatic heterocycles. The van der Waals surface area contributed by atoms with Gasteiger partial charge in [0.25, 0.3) is 0 Å². The first-order chi connectivity index (χ1) is 38.5. The highest BCUT2D eigenvalue weighted by atomic mass is 16.5. The molecule has 0 aliphatic heterocycles. The highest BCUT2D eigenvalue weighted by molar-refractivity contribution is 5.76. The Bertz CT molecular complexity index is 1220. The van der Waals surface area contributed by atoms with Crippen molar-refractivity contribution in [1.82, 2.24) is 5.32 Å². The number of rotatable bonds is 67. The van der Waals surface area contributed by atoms with Gasteiger partial charge >= 0.3 is 5.97 Å². The number of amides is 1. The van der Waals surface area contributed by atoms with E-state index in [4.69, 9.17) is 4.74 Å². The van der Waals surface area contributed by atoms with Crippen molar-refractivity contribution >= 4 is 11.9 Å². The molecule has 0 spiro atoms. The lowest BCUT2D eigenvalue weighted by atomic mass is 10.0. The Morgan fingerprint density at radius 1 is 0.359 bits per heavy atom.